The van der Waals surface area contributed by atoms with E-state index in [2.05, 4.69) is 6.08 Å². The van der Waals surface area contributed by atoms with Crippen LogP contribution in [-0.2, 0) is 20.9 Å². The van der Waals surface area contributed by atoms with E-state index in [0.717, 1.165) is 11.1 Å². The van der Waals surface area contributed by atoms with Crippen molar-refractivity contribution in [3.8, 4) is 0 Å². The maximum atomic E-state index is 14.6. The fourth-order valence-corrected chi connectivity index (χ4v) is 9.65. The highest BCUT2D eigenvalue weighted by atomic mass is 35.5. The van der Waals surface area contributed by atoms with E-state index in [1.54, 1.807) is 17.9 Å². The van der Waals surface area contributed by atoms with Crippen molar-refractivity contribution in [3.63, 3.8) is 0 Å². The van der Waals surface area contributed by atoms with Crippen LogP contribution in [0.2, 0.25) is 5.02 Å². The van der Waals surface area contributed by atoms with Crippen LogP contribution in [0, 0.1) is 18.8 Å². The normalized spacial score (nSPS) is 31.6. The minimum atomic E-state index is -0.989. The number of aliphatic hydroxyl groups is 1. The average Bonchev–Trinajstić information content (AvgIpc) is 3.23. The highest BCUT2D eigenvalue weighted by Gasteiger charge is 2.74. The van der Waals surface area contributed by atoms with Gasteiger partial charge in [-0.1, -0.05) is 78.4 Å². The van der Waals surface area contributed by atoms with Crippen LogP contribution in [0.4, 0.5) is 5.69 Å². The average molecular weight is 592 g/mol. The number of benzene rings is 2. The van der Waals surface area contributed by atoms with E-state index in [1.807, 2.05) is 79.4 Å². The molecule has 41 heavy (non-hydrogen) atoms. The number of hydrogen-bond acceptors (Lipinski definition) is 5. The molecule has 2 aromatic carbocycles. The number of halogens is 1. The number of nitrogens with zero attached hydrogens (tertiary/aromatic N) is 3. The quantitative estimate of drug-likeness (QED) is 0.527. The summed E-state index contributed by atoms with van der Waals surface area (Å²) < 4.78 is -1.69. The van der Waals surface area contributed by atoms with Crippen LogP contribution in [0.25, 0.3) is 0 Å². The summed E-state index contributed by atoms with van der Waals surface area (Å²) in [4.78, 5) is 48.5. The third kappa shape index (κ3) is 4.25. The number of hydrogen-bond donors (Lipinski definition) is 1. The van der Waals surface area contributed by atoms with Crippen LogP contribution in [0.5, 0.6) is 0 Å². The first-order valence-corrected chi connectivity index (χ1v) is 15.2. The van der Waals surface area contributed by atoms with Crippen molar-refractivity contribution in [2.24, 2.45) is 11.8 Å². The first-order valence-electron chi connectivity index (χ1n) is 14.0. The SMILES string of the molecule is Cc1cccc(Cl)c1N1CC=C[C@]23S[C@@]4(C)C=CCN(Cc5ccccc5)C(=O)[C@H]4[C@H]2C(=O)N([C@H](C)CO)C3C1=O. The van der Waals surface area contributed by atoms with E-state index in [-0.39, 0.29) is 30.9 Å². The molecule has 9 heteroatoms. The number of aryl methyl sites for hydroxylation is 1. The molecule has 0 bridgehead atoms. The maximum Gasteiger partial charge on any atom is 0.251 e. The van der Waals surface area contributed by atoms with Crippen molar-refractivity contribution in [3.05, 3.63) is 89.0 Å². The predicted octanol–water partition coefficient (Wildman–Crippen LogP) is 4.22. The molecule has 2 saturated heterocycles. The Bertz CT molecular complexity index is 1440. The Kier molecular flexibility index (Phi) is 7.07. The highest BCUT2D eigenvalue weighted by Crippen LogP contribution is 2.66. The van der Waals surface area contributed by atoms with Crippen molar-refractivity contribution in [2.45, 2.75) is 48.9 Å². The van der Waals surface area contributed by atoms with Gasteiger partial charge in [0, 0.05) is 24.4 Å². The third-order valence-corrected chi connectivity index (χ3v) is 11.1. The third-order valence-electron chi connectivity index (χ3n) is 8.99. The number of aliphatic hydroxyl groups excluding tert-OH is 1. The largest absolute Gasteiger partial charge is 0.394 e. The van der Waals surface area contributed by atoms with Crippen LogP contribution >= 0.6 is 23.4 Å². The second-order valence-corrected chi connectivity index (χ2v) is 13.8. The monoisotopic (exact) mass is 591 g/mol. The van der Waals surface area contributed by atoms with Gasteiger partial charge in [0.2, 0.25) is 11.8 Å². The molecule has 214 valence electrons. The number of para-hydroxylation sites is 1. The lowest BCUT2D eigenvalue weighted by molar-refractivity contribution is -0.145. The van der Waals surface area contributed by atoms with Crippen molar-refractivity contribution < 1.29 is 19.5 Å². The molecule has 2 fully saturated rings. The molecule has 6 rings (SSSR count). The number of thioether (sulfide) groups is 1. The number of carbonyl (C=O) groups excluding carboxylic acids is 3. The number of likely N-dealkylation sites (tertiary alicyclic amines) is 1. The number of rotatable bonds is 5. The van der Waals surface area contributed by atoms with Gasteiger partial charge in [-0.15, -0.1) is 11.8 Å². The fourth-order valence-electron chi connectivity index (χ4n) is 7.19. The van der Waals surface area contributed by atoms with Crippen LogP contribution in [0.3, 0.4) is 0 Å². The molecule has 4 heterocycles. The van der Waals surface area contributed by atoms with Crippen LogP contribution in [-0.4, -0.2) is 73.9 Å². The van der Waals surface area contributed by atoms with Crippen molar-refractivity contribution >= 4 is 46.8 Å². The van der Waals surface area contributed by atoms with Crippen LogP contribution in [0.1, 0.15) is 25.0 Å². The molecule has 1 N–H and O–H groups in total. The van der Waals surface area contributed by atoms with Gasteiger partial charge in [-0.3, -0.25) is 14.4 Å². The van der Waals surface area contributed by atoms with E-state index in [4.69, 9.17) is 11.6 Å². The first-order chi connectivity index (χ1) is 19.6. The fraction of sp³-hybridized carbons (Fsp3) is 0.406. The van der Waals surface area contributed by atoms with E-state index >= 15 is 0 Å². The molecule has 0 aromatic heterocycles. The number of anilines is 1. The van der Waals surface area contributed by atoms with Gasteiger partial charge < -0.3 is 19.8 Å². The highest BCUT2D eigenvalue weighted by molar-refractivity contribution is 8.02. The molecule has 0 saturated carbocycles. The summed E-state index contributed by atoms with van der Waals surface area (Å²) in [6.45, 7) is 6.54. The molecule has 7 nitrogen and oxygen atoms in total. The number of carbonyl (C=O) groups is 3. The first kappa shape index (κ1) is 28.1. The Hall–Kier alpha value is -3.07. The van der Waals surface area contributed by atoms with Gasteiger partial charge in [0.05, 0.1) is 39.9 Å². The number of amides is 3. The van der Waals surface area contributed by atoms with E-state index in [0.29, 0.717) is 23.8 Å². The zero-order valence-corrected chi connectivity index (χ0v) is 24.9. The lowest BCUT2D eigenvalue weighted by Crippen LogP contribution is -2.56. The zero-order chi connectivity index (χ0) is 29.1. The summed E-state index contributed by atoms with van der Waals surface area (Å²) in [5.74, 6) is -2.06. The molecule has 1 unspecified atom stereocenters. The topological polar surface area (TPSA) is 81.2 Å². The van der Waals surface area contributed by atoms with E-state index in [1.165, 1.54) is 16.7 Å². The summed E-state index contributed by atoms with van der Waals surface area (Å²) in [5.41, 5.74) is 2.48. The Balaban J connectivity index is 1.46. The molecule has 0 aliphatic carbocycles. The Morgan fingerprint density at radius 3 is 2.41 bits per heavy atom. The van der Waals surface area contributed by atoms with Crippen LogP contribution in [0.15, 0.2) is 72.8 Å². The van der Waals surface area contributed by atoms with Gasteiger partial charge in [-0.25, -0.2) is 0 Å². The van der Waals surface area contributed by atoms with Gasteiger partial charge in [0.15, 0.2) is 0 Å². The molecule has 2 aromatic rings. The van der Waals surface area contributed by atoms with Crippen molar-refractivity contribution in [1.82, 2.24) is 9.80 Å². The molecular weight excluding hydrogens is 558 g/mol. The Morgan fingerprint density at radius 2 is 1.71 bits per heavy atom. The van der Waals surface area contributed by atoms with Gasteiger partial charge in [0.1, 0.15) is 6.04 Å². The smallest absolute Gasteiger partial charge is 0.251 e. The van der Waals surface area contributed by atoms with E-state index < -0.39 is 33.4 Å². The van der Waals surface area contributed by atoms with E-state index in [9.17, 15) is 19.5 Å². The molecule has 6 atom stereocenters. The molecule has 3 amide bonds. The summed E-state index contributed by atoms with van der Waals surface area (Å²) in [6.07, 6.45) is 8.00. The summed E-state index contributed by atoms with van der Waals surface area (Å²) in [5, 5.41) is 10.7. The minimum Gasteiger partial charge on any atom is -0.394 e. The lowest BCUT2D eigenvalue weighted by atomic mass is 9.74. The Morgan fingerprint density at radius 1 is 0.976 bits per heavy atom. The predicted molar refractivity (Wildman–Crippen MR) is 162 cm³/mol. The standard InChI is InChI=1S/C32H34ClN3O4S/c1-20-10-7-13-23(33)26(20)35-17-9-15-32-25(29(39)36(21(2)19-37)27(32)30(35)40)24-28(38)34(16-8-14-31(24,3)41-32)18-22-11-5-4-6-12-22/h4-15,21,24-25,27,37H,16-19H2,1-3H3/t21-,24-,25+,27?,31+,32+/m1/s1. The van der Waals surface area contributed by atoms with Crippen molar-refractivity contribution in [2.75, 3.05) is 24.6 Å². The lowest BCUT2D eigenvalue weighted by Gasteiger charge is -2.39. The summed E-state index contributed by atoms with van der Waals surface area (Å²) >= 11 is 8.16. The van der Waals surface area contributed by atoms with Gasteiger partial charge in [0.25, 0.3) is 5.91 Å². The summed E-state index contributed by atoms with van der Waals surface area (Å²) in [7, 11) is 0. The Labute approximate surface area is 249 Å². The second kappa shape index (κ2) is 10.3. The minimum absolute atomic E-state index is 0.0924. The molecular formula is C32H34ClN3O4S. The molecule has 0 radical (unpaired) electrons. The van der Waals surface area contributed by atoms with Crippen molar-refractivity contribution in [1.29, 1.82) is 0 Å². The molecule has 4 aliphatic heterocycles. The second-order valence-electron chi connectivity index (χ2n) is 11.6. The summed E-state index contributed by atoms with van der Waals surface area (Å²) in [6, 6.07) is 13.8. The molecule has 4 aliphatic rings. The van der Waals surface area contributed by atoms with Gasteiger partial charge in [-0.2, -0.15) is 0 Å². The van der Waals surface area contributed by atoms with Gasteiger partial charge in [-0.05, 0) is 38.0 Å². The zero-order valence-electron chi connectivity index (χ0n) is 23.4. The van der Waals surface area contributed by atoms with Crippen LogP contribution < -0.4 is 4.90 Å². The molecule has 1 spiro atoms. The number of fused-ring (bicyclic) bond motifs is 2. The van der Waals surface area contributed by atoms with Gasteiger partial charge >= 0.3 is 0 Å². The maximum absolute atomic E-state index is 14.6.